The number of methoxy groups -OCH3 is 1. The summed E-state index contributed by atoms with van der Waals surface area (Å²) >= 11 is 5.89. The number of carbonyl (C=O) groups is 1. The van der Waals surface area contributed by atoms with Gasteiger partial charge >= 0.3 is 6.03 Å². The van der Waals surface area contributed by atoms with E-state index in [0.29, 0.717) is 35.5 Å². The lowest BCUT2D eigenvalue weighted by Crippen LogP contribution is -2.41. The van der Waals surface area contributed by atoms with Crippen molar-refractivity contribution >= 4 is 23.3 Å². The average molecular weight is 413 g/mol. The molecule has 0 spiro atoms. The molecule has 1 fully saturated rings. The van der Waals surface area contributed by atoms with Crippen molar-refractivity contribution in [2.45, 2.75) is 18.8 Å². The molecular formula is C21H21ClN4O3. The van der Waals surface area contributed by atoms with Crippen LogP contribution >= 0.6 is 11.6 Å². The summed E-state index contributed by atoms with van der Waals surface area (Å²) < 4.78 is 10.8. The van der Waals surface area contributed by atoms with Crippen LogP contribution in [0.5, 0.6) is 5.75 Å². The number of anilines is 1. The van der Waals surface area contributed by atoms with E-state index in [1.165, 1.54) is 0 Å². The number of hydrogen-bond donors (Lipinski definition) is 1. The highest BCUT2D eigenvalue weighted by molar-refractivity contribution is 6.30. The molecule has 1 atom stereocenters. The van der Waals surface area contributed by atoms with E-state index >= 15 is 0 Å². The van der Waals surface area contributed by atoms with Crippen molar-refractivity contribution < 1.29 is 14.1 Å². The second-order valence-electron chi connectivity index (χ2n) is 6.91. The SMILES string of the molecule is COc1cccc(-c2noc([C@H]3CCCN(C(=O)Nc4ccc(Cl)cc4)C3)n2)c1. The fraction of sp³-hybridized carbons (Fsp3) is 0.286. The van der Waals surface area contributed by atoms with Crippen LogP contribution < -0.4 is 10.1 Å². The van der Waals surface area contributed by atoms with Crippen molar-refractivity contribution in [3.05, 3.63) is 59.4 Å². The molecule has 0 bridgehead atoms. The van der Waals surface area contributed by atoms with Crippen LogP contribution in [0.25, 0.3) is 11.4 Å². The number of likely N-dealkylation sites (tertiary alicyclic amines) is 1. The molecule has 150 valence electrons. The first kappa shape index (κ1) is 19.3. The molecule has 1 aliphatic heterocycles. The third kappa shape index (κ3) is 4.51. The highest BCUT2D eigenvalue weighted by Gasteiger charge is 2.29. The lowest BCUT2D eigenvalue weighted by atomic mass is 9.98. The van der Waals surface area contributed by atoms with Gasteiger partial charge in [0.25, 0.3) is 0 Å². The molecule has 0 aliphatic carbocycles. The number of amides is 2. The molecule has 2 heterocycles. The van der Waals surface area contributed by atoms with E-state index in [2.05, 4.69) is 15.5 Å². The van der Waals surface area contributed by atoms with Gasteiger partial charge < -0.3 is 19.5 Å². The van der Waals surface area contributed by atoms with Gasteiger partial charge in [0.05, 0.1) is 13.0 Å². The Hall–Kier alpha value is -3.06. The highest BCUT2D eigenvalue weighted by Crippen LogP contribution is 2.29. The predicted molar refractivity (Wildman–Crippen MR) is 110 cm³/mol. The monoisotopic (exact) mass is 412 g/mol. The number of benzene rings is 2. The smallest absolute Gasteiger partial charge is 0.321 e. The van der Waals surface area contributed by atoms with Crippen molar-refractivity contribution in [1.29, 1.82) is 0 Å². The zero-order valence-electron chi connectivity index (χ0n) is 16.0. The fourth-order valence-electron chi connectivity index (χ4n) is 3.38. The summed E-state index contributed by atoms with van der Waals surface area (Å²) in [7, 11) is 1.62. The van der Waals surface area contributed by atoms with Crippen LogP contribution in [0.2, 0.25) is 5.02 Å². The first-order valence-electron chi connectivity index (χ1n) is 9.42. The Morgan fingerprint density at radius 2 is 2.10 bits per heavy atom. The minimum Gasteiger partial charge on any atom is -0.497 e. The van der Waals surface area contributed by atoms with Gasteiger partial charge in [-0.1, -0.05) is 28.9 Å². The normalized spacial score (nSPS) is 16.5. The summed E-state index contributed by atoms with van der Waals surface area (Å²) in [5.41, 5.74) is 1.53. The van der Waals surface area contributed by atoms with Crippen molar-refractivity contribution in [2.75, 3.05) is 25.5 Å². The molecule has 8 heteroatoms. The molecule has 0 saturated carbocycles. The molecule has 0 radical (unpaired) electrons. The van der Waals surface area contributed by atoms with E-state index in [0.717, 1.165) is 24.2 Å². The molecule has 1 aliphatic rings. The molecule has 3 aromatic rings. The van der Waals surface area contributed by atoms with E-state index in [4.69, 9.17) is 20.9 Å². The first-order valence-corrected chi connectivity index (χ1v) is 9.79. The molecule has 2 amide bonds. The maximum Gasteiger partial charge on any atom is 0.321 e. The van der Waals surface area contributed by atoms with Gasteiger partial charge in [-0.25, -0.2) is 4.79 Å². The fourth-order valence-corrected chi connectivity index (χ4v) is 3.51. The Labute approximate surface area is 173 Å². The lowest BCUT2D eigenvalue weighted by Gasteiger charge is -2.31. The average Bonchev–Trinajstić information content (AvgIpc) is 3.26. The number of rotatable bonds is 4. The van der Waals surface area contributed by atoms with Crippen molar-refractivity contribution in [3.63, 3.8) is 0 Å². The summed E-state index contributed by atoms with van der Waals surface area (Å²) in [6.07, 6.45) is 1.76. The lowest BCUT2D eigenvalue weighted by molar-refractivity contribution is 0.184. The van der Waals surface area contributed by atoms with Gasteiger partial charge in [-0.2, -0.15) is 4.98 Å². The Morgan fingerprint density at radius 3 is 2.90 bits per heavy atom. The van der Waals surface area contributed by atoms with E-state index in [9.17, 15) is 4.79 Å². The maximum atomic E-state index is 12.6. The minimum atomic E-state index is -0.149. The second-order valence-corrected chi connectivity index (χ2v) is 7.35. The molecule has 1 saturated heterocycles. The third-order valence-electron chi connectivity index (χ3n) is 4.92. The second kappa shape index (κ2) is 8.53. The zero-order chi connectivity index (χ0) is 20.2. The topological polar surface area (TPSA) is 80.5 Å². The first-order chi connectivity index (χ1) is 14.1. The molecule has 4 rings (SSSR count). The summed E-state index contributed by atoms with van der Waals surface area (Å²) in [6, 6.07) is 14.4. The Bertz CT molecular complexity index is 990. The Kier molecular flexibility index (Phi) is 5.67. The van der Waals surface area contributed by atoms with Crippen LogP contribution in [0.3, 0.4) is 0 Å². The van der Waals surface area contributed by atoms with E-state index in [-0.39, 0.29) is 11.9 Å². The number of hydrogen-bond acceptors (Lipinski definition) is 5. The van der Waals surface area contributed by atoms with E-state index in [1.54, 1.807) is 36.3 Å². The molecule has 1 N–H and O–H groups in total. The summed E-state index contributed by atoms with van der Waals surface area (Å²) in [4.78, 5) is 19.0. The Morgan fingerprint density at radius 1 is 1.28 bits per heavy atom. The number of nitrogens with zero attached hydrogens (tertiary/aromatic N) is 3. The zero-order valence-corrected chi connectivity index (χ0v) is 16.7. The molecule has 7 nitrogen and oxygen atoms in total. The quantitative estimate of drug-likeness (QED) is 0.665. The van der Waals surface area contributed by atoms with Crippen LogP contribution in [0, 0.1) is 0 Å². The predicted octanol–water partition coefficient (Wildman–Crippen LogP) is 4.81. The largest absolute Gasteiger partial charge is 0.497 e. The number of ether oxygens (including phenoxy) is 1. The number of carbonyl (C=O) groups excluding carboxylic acids is 1. The van der Waals surface area contributed by atoms with Crippen LogP contribution in [0.1, 0.15) is 24.7 Å². The molecule has 1 aromatic heterocycles. The van der Waals surface area contributed by atoms with Crippen LogP contribution in [0.4, 0.5) is 10.5 Å². The number of urea groups is 1. The van der Waals surface area contributed by atoms with E-state index < -0.39 is 0 Å². The standard InChI is InChI=1S/C21H21ClN4O3/c1-28-18-6-2-4-14(12-18)19-24-20(29-25-19)15-5-3-11-26(13-15)21(27)23-17-9-7-16(22)8-10-17/h2,4,6-10,12,15H,3,5,11,13H2,1H3,(H,23,27)/t15-/m0/s1. The molecular weight excluding hydrogens is 392 g/mol. The van der Waals surface area contributed by atoms with Crippen molar-refractivity contribution in [2.24, 2.45) is 0 Å². The highest BCUT2D eigenvalue weighted by atomic mass is 35.5. The van der Waals surface area contributed by atoms with Gasteiger partial charge in [0.1, 0.15) is 5.75 Å². The molecule has 29 heavy (non-hydrogen) atoms. The third-order valence-corrected chi connectivity index (χ3v) is 5.17. The number of nitrogens with one attached hydrogen (secondary N) is 1. The van der Waals surface area contributed by atoms with Crippen molar-refractivity contribution in [1.82, 2.24) is 15.0 Å². The summed E-state index contributed by atoms with van der Waals surface area (Å²) in [5.74, 6) is 1.80. The minimum absolute atomic E-state index is 0.00609. The molecule has 0 unspecified atom stereocenters. The Balaban J connectivity index is 1.43. The number of piperidine rings is 1. The van der Waals surface area contributed by atoms with Crippen LogP contribution in [0.15, 0.2) is 53.1 Å². The maximum absolute atomic E-state index is 12.6. The van der Waals surface area contributed by atoms with Crippen molar-refractivity contribution in [3.8, 4) is 17.1 Å². The number of halogens is 1. The van der Waals surface area contributed by atoms with Gasteiger partial charge in [-0.3, -0.25) is 0 Å². The van der Waals surface area contributed by atoms with Gasteiger partial charge in [0.15, 0.2) is 0 Å². The summed E-state index contributed by atoms with van der Waals surface area (Å²) in [5, 5.41) is 7.64. The number of aromatic nitrogens is 2. The van der Waals surface area contributed by atoms with E-state index in [1.807, 2.05) is 24.3 Å². The van der Waals surface area contributed by atoms with Gasteiger partial charge in [-0.15, -0.1) is 0 Å². The van der Waals surface area contributed by atoms with Gasteiger partial charge in [0.2, 0.25) is 11.7 Å². The molecule has 2 aromatic carbocycles. The summed E-state index contributed by atoms with van der Waals surface area (Å²) in [6.45, 7) is 1.21. The van der Waals surface area contributed by atoms with Gasteiger partial charge in [-0.05, 0) is 49.2 Å². The van der Waals surface area contributed by atoms with Crippen LogP contribution in [-0.2, 0) is 0 Å². The van der Waals surface area contributed by atoms with Gasteiger partial charge in [0, 0.05) is 29.4 Å². The van der Waals surface area contributed by atoms with Crippen LogP contribution in [-0.4, -0.2) is 41.3 Å².